The van der Waals surface area contributed by atoms with Crippen molar-refractivity contribution >= 4 is 12.0 Å². The van der Waals surface area contributed by atoms with Crippen LogP contribution in [0.3, 0.4) is 0 Å². The molecule has 1 amide bonds. The number of rotatable bonds is 8. The second-order valence-corrected chi connectivity index (χ2v) is 7.26. The molecule has 1 saturated heterocycles. The molecule has 0 radical (unpaired) electrons. The summed E-state index contributed by atoms with van der Waals surface area (Å²) in [4.78, 5) is 12.5. The van der Waals surface area contributed by atoms with Crippen molar-refractivity contribution in [3.8, 4) is 17.2 Å². The number of benzene rings is 2. The van der Waals surface area contributed by atoms with Gasteiger partial charge in [-0.25, -0.2) is 0 Å². The van der Waals surface area contributed by atoms with Crippen molar-refractivity contribution in [3.05, 3.63) is 59.7 Å². The Morgan fingerprint density at radius 2 is 1.70 bits per heavy atom. The lowest BCUT2D eigenvalue weighted by Gasteiger charge is -2.38. The molecule has 0 aliphatic carbocycles. The Kier molecular flexibility index (Phi) is 7.36. The molecule has 3 rings (SSSR count). The van der Waals surface area contributed by atoms with Gasteiger partial charge in [0.2, 0.25) is 5.91 Å². The first-order valence-electron chi connectivity index (χ1n) is 10.0. The van der Waals surface area contributed by atoms with Gasteiger partial charge in [-0.2, -0.15) is 0 Å². The molecule has 6 heteroatoms. The van der Waals surface area contributed by atoms with Crippen LogP contribution in [0.2, 0.25) is 0 Å². The maximum atomic E-state index is 12.5. The summed E-state index contributed by atoms with van der Waals surface area (Å²) in [5.41, 5.74) is 1.76. The first kappa shape index (κ1) is 21.7. The molecule has 2 aromatic carbocycles. The molecule has 0 aromatic heterocycles. The van der Waals surface area contributed by atoms with E-state index in [0.29, 0.717) is 31.3 Å². The fourth-order valence-corrected chi connectivity index (χ4v) is 3.83. The van der Waals surface area contributed by atoms with Crippen LogP contribution in [0.1, 0.15) is 24.0 Å². The van der Waals surface area contributed by atoms with E-state index < -0.39 is 0 Å². The third kappa shape index (κ3) is 4.94. The third-order valence-corrected chi connectivity index (χ3v) is 5.56. The topological polar surface area (TPSA) is 66.0 Å². The molecule has 1 aliphatic heterocycles. The summed E-state index contributed by atoms with van der Waals surface area (Å²) >= 11 is 0. The maximum absolute atomic E-state index is 12.5. The van der Waals surface area contributed by atoms with E-state index in [1.807, 2.05) is 36.4 Å². The van der Waals surface area contributed by atoms with Crippen LogP contribution in [0.15, 0.2) is 48.5 Å². The molecule has 2 aromatic rings. The second kappa shape index (κ2) is 10.2. The Labute approximate surface area is 177 Å². The van der Waals surface area contributed by atoms with Crippen LogP contribution in [0.5, 0.6) is 17.2 Å². The van der Waals surface area contributed by atoms with Gasteiger partial charge in [0.25, 0.3) is 0 Å². The molecule has 1 aliphatic rings. The van der Waals surface area contributed by atoms with Crippen LogP contribution in [0.25, 0.3) is 6.08 Å². The zero-order valence-corrected chi connectivity index (χ0v) is 17.8. The summed E-state index contributed by atoms with van der Waals surface area (Å²) in [7, 11) is 4.86. The highest BCUT2D eigenvalue weighted by Crippen LogP contribution is 2.39. The Balaban J connectivity index is 1.71. The minimum absolute atomic E-state index is 0.148. The average molecular weight is 411 g/mol. The van der Waals surface area contributed by atoms with Crippen LogP contribution in [0.4, 0.5) is 0 Å². The lowest BCUT2D eigenvalue weighted by atomic mass is 9.73. The molecule has 1 fully saturated rings. The quantitative estimate of drug-likeness (QED) is 0.673. The number of methoxy groups -OCH3 is 3. The van der Waals surface area contributed by atoms with Gasteiger partial charge < -0.3 is 24.3 Å². The lowest BCUT2D eigenvalue weighted by Crippen LogP contribution is -2.44. The van der Waals surface area contributed by atoms with E-state index in [2.05, 4.69) is 11.4 Å². The van der Waals surface area contributed by atoms with Crippen molar-refractivity contribution in [3.63, 3.8) is 0 Å². The van der Waals surface area contributed by atoms with Gasteiger partial charge in [-0.05, 0) is 42.7 Å². The number of hydrogen-bond acceptors (Lipinski definition) is 5. The predicted octanol–water partition coefficient (Wildman–Crippen LogP) is 3.59. The fraction of sp³-hybridized carbons (Fsp3) is 0.375. The molecule has 0 spiro atoms. The highest BCUT2D eigenvalue weighted by Gasteiger charge is 2.36. The molecule has 0 bridgehead atoms. The van der Waals surface area contributed by atoms with Crippen molar-refractivity contribution in [1.82, 2.24) is 5.32 Å². The van der Waals surface area contributed by atoms with Gasteiger partial charge in [0.1, 0.15) is 5.75 Å². The summed E-state index contributed by atoms with van der Waals surface area (Å²) < 4.78 is 21.7. The van der Waals surface area contributed by atoms with E-state index >= 15 is 0 Å². The molecule has 0 atom stereocenters. The number of amides is 1. The Morgan fingerprint density at radius 1 is 1.00 bits per heavy atom. The van der Waals surface area contributed by atoms with Gasteiger partial charge in [0.15, 0.2) is 11.5 Å². The second-order valence-electron chi connectivity index (χ2n) is 7.26. The highest BCUT2D eigenvalue weighted by atomic mass is 16.5. The fourth-order valence-electron chi connectivity index (χ4n) is 3.83. The van der Waals surface area contributed by atoms with Gasteiger partial charge in [-0.15, -0.1) is 0 Å². The normalized spacial score (nSPS) is 15.6. The number of carbonyl (C=O) groups is 1. The standard InChI is InChI=1S/C24H29NO5/c1-27-20-7-5-4-6-19(20)24(12-14-30-15-13-24)17-25-23(26)11-9-18-8-10-21(28-2)22(16-18)29-3/h4-11,16H,12-15,17H2,1-3H3,(H,25,26)/b11-9+. The van der Waals surface area contributed by atoms with Gasteiger partial charge in [-0.1, -0.05) is 24.3 Å². The summed E-state index contributed by atoms with van der Waals surface area (Å²) in [6.45, 7) is 1.84. The minimum atomic E-state index is -0.211. The van der Waals surface area contributed by atoms with E-state index in [1.165, 1.54) is 6.08 Å². The van der Waals surface area contributed by atoms with E-state index in [9.17, 15) is 4.79 Å². The lowest BCUT2D eigenvalue weighted by molar-refractivity contribution is -0.116. The zero-order chi connectivity index (χ0) is 21.4. The molecular weight excluding hydrogens is 382 g/mol. The number of nitrogens with one attached hydrogen (secondary N) is 1. The third-order valence-electron chi connectivity index (χ3n) is 5.56. The van der Waals surface area contributed by atoms with Crippen molar-refractivity contribution in [2.24, 2.45) is 0 Å². The van der Waals surface area contributed by atoms with Crippen molar-refractivity contribution < 1.29 is 23.7 Å². The maximum Gasteiger partial charge on any atom is 0.244 e. The van der Waals surface area contributed by atoms with Crippen molar-refractivity contribution in [1.29, 1.82) is 0 Å². The van der Waals surface area contributed by atoms with E-state index in [-0.39, 0.29) is 11.3 Å². The van der Waals surface area contributed by atoms with Crippen molar-refractivity contribution in [2.75, 3.05) is 41.1 Å². The number of hydrogen-bond donors (Lipinski definition) is 1. The molecule has 0 unspecified atom stereocenters. The monoisotopic (exact) mass is 411 g/mol. The zero-order valence-electron chi connectivity index (χ0n) is 17.8. The predicted molar refractivity (Wildman–Crippen MR) is 116 cm³/mol. The molecule has 0 saturated carbocycles. The van der Waals surface area contributed by atoms with Crippen molar-refractivity contribution in [2.45, 2.75) is 18.3 Å². The summed E-state index contributed by atoms with van der Waals surface area (Å²) in [6.07, 6.45) is 4.95. The largest absolute Gasteiger partial charge is 0.496 e. The highest BCUT2D eigenvalue weighted by molar-refractivity contribution is 5.91. The molecular formula is C24H29NO5. The smallest absolute Gasteiger partial charge is 0.244 e. The first-order valence-corrected chi connectivity index (χ1v) is 10.0. The number of ether oxygens (including phenoxy) is 4. The summed E-state index contributed by atoms with van der Waals surface area (Å²) in [5.74, 6) is 1.97. The van der Waals surface area contributed by atoms with Crippen LogP contribution in [-0.2, 0) is 14.9 Å². The van der Waals surface area contributed by atoms with Crippen LogP contribution < -0.4 is 19.5 Å². The van der Waals surface area contributed by atoms with Gasteiger partial charge >= 0.3 is 0 Å². The van der Waals surface area contributed by atoms with Gasteiger partial charge in [0, 0.05) is 36.8 Å². The van der Waals surface area contributed by atoms with E-state index in [4.69, 9.17) is 18.9 Å². The Morgan fingerprint density at radius 3 is 2.40 bits per heavy atom. The Bertz CT molecular complexity index is 887. The molecule has 1 N–H and O–H groups in total. The number of para-hydroxylation sites is 1. The SMILES string of the molecule is COc1ccc(/C=C/C(=O)NCC2(c3ccccc3OC)CCOCC2)cc1OC. The first-order chi connectivity index (χ1) is 14.6. The van der Waals surface area contributed by atoms with E-state index in [0.717, 1.165) is 29.7 Å². The van der Waals surface area contributed by atoms with Crippen LogP contribution in [-0.4, -0.2) is 47.0 Å². The van der Waals surface area contributed by atoms with Gasteiger partial charge in [-0.3, -0.25) is 4.79 Å². The van der Waals surface area contributed by atoms with Gasteiger partial charge in [0.05, 0.1) is 21.3 Å². The van der Waals surface area contributed by atoms with E-state index in [1.54, 1.807) is 27.4 Å². The number of carbonyl (C=O) groups excluding carboxylic acids is 1. The molecule has 6 nitrogen and oxygen atoms in total. The molecule has 1 heterocycles. The summed E-state index contributed by atoms with van der Waals surface area (Å²) in [6, 6.07) is 13.5. The molecule has 160 valence electrons. The van der Waals surface area contributed by atoms with Crippen LogP contribution >= 0.6 is 0 Å². The van der Waals surface area contributed by atoms with Crippen LogP contribution in [0, 0.1) is 0 Å². The Hall–Kier alpha value is -2.99. The minimum Gasteiger partial charge on any atom is -0.496 e. The summed E-state index contributed by atoms with van der Waals surface area (Å²) in [5, 5.41) is 3.07. The molecule has 30 heavy (non-hydrogen) atoms. The average Bonchev–Trinajstić information content (AvgIpc) is 2.81.